The maximum Gasteiger partial charge on any atom is 0.129 e. The van der Waals surface area contributed by atoms with Crippen LogP contribution in [0.4, 0.5) is 0 Å². The van der Waals surface area contributed by atoms with Crippen LogP contribution in [0.25, 0.3) is 0 Å². The highest BCUT2D eigenvalue weighted by atomic mass is 16.5. The SMILES string of the molecule is CC(C)(C)Cc1cccc2c1C(C)(C)CO2.CC(C)(C)Oc1cccc2c1C1(CC1)CO2.Cc1ccc(OC(C)(C)C)c2c1OCC2(C)C.Cc1ccc(OC(C)(C)C)c2c1OCC21CC1. The van der Waals surface area contributed by atoms with Crippen LogP contribution in [0.2, 0.25) is 0 Å². The lowest BCUT2D eigenvalue weighted by Gasteiger charge is -2.26. The molecular weight excluding hydrogens is 821 g/mol. The van der Waals surface area contributed by atoms with E-state index in [9.17, 15) is 0 Å². The van der Waals surface area contributed by atoms with Crippen LogP contribution in [0, 0.1) is 19.3 Å². The first-order chi connectivity index (χ1) is 30.4. The first kappa shape index (κ1) is 49.4. The van der Waals surface area contributed by atoms with Crippen molar-refractivity contribution in [2.45, 2.75) is 195 Å². The molecule has 7 heteroatoms. The Balaban J connectivity index is 0.000000131. The third kappa shape index (κ3) is 11.1. The van der Waals surface area contributed by atoms with Crippen LogP contribution in [0.3, 0.4) is 0 Å². The Morgan fingerprint density at radius 1 is 0.439 bits per heavy atom. The fourth-order valence-corrected chi connectivity index (χ4v) is 9.75. The molecule has 0 unspecified atom stereocenters. The molecule has 0 amide bonds. The van der Waals surface area contributed by atoms with E-state index in [0.717, 1.165) is 73.1 Å². The van der Waals surface area contributed by atoms with Gasteiger partial charge in [0.15, 0.2) is 0 Å². The quantitative estimate of drug-likeness (QED) is 0.202. The van der Waals surface area contributed by atoms with Gasteiger partial charge in [-0.2, -0.15) is 0 Å². The summed E-state index contributed by atoms with van der Waals surface area (Å²) < 4.78 is 41.4. The zero-order valence-electron chi connectivity index (χ0n) is 44.0. The predicted octanol–water partition coefficient (Wildman–Crippen LogP) is 14.7. The molecule has 2 saturated carbocycles. The molecule has 0 radical (unpaired) electrons. The van der Waals surface area contributed by atoms with Crippen molar-refractivity contribution in [1.29, 1.82) is 0 Å². The Morgan fingerprint density at radius 2 is 0.833 bits per heavy atom. The van der Waals surface area contributed by atoms with Gasteiger partial charge in [0, 0.05) is 43.9 Å². The molecule has 4 aromatic carbocycles. The summed E-state index contributed by atoms with van der Waals surface area (Å²) in [6, 6.07) is 20.9. The minimum atomic E-state index is -0.179. The van der Waals surface area contributed by atoms with Gasteiger partial charge in [0.1, 0.15) is 57.0 Å². The second-order valence-electron chi connectivity index (χ2n) is 25.5. The first-order valence-corrected chi connectivity index (χ1v) is 24.5. The highest BCUT2D eigenvalue weighted by molar-refractivity contribution is 5.60. The van der Waals surface area contributed by atoms with E-state index in [1.807, 2.05) is 6.07 Å². The molecular formula is C59H82O7. The van der Waals surface area contributed by atoms with Crippen LogP contribution in [0.15, 0.2) is 60.7 Å². The molecule has 360 valence electrons. The minimum Gasteiger partial charge on any atom is -0.492 e. The van der Waals surface area contributed by atoms with Crippen LogP contribution in [-0.2, 0) is 28.1 Å². The Bertz CT molecular complexity index is 2260. The average Bonchev–Trinajstić information content (AvgIpc) is 3.97. The van der Waals surface area contributed by atoms with Gasteiger partial charge < -0.3 is 33.2 Å². The molecule has 7 nitrogen and oxygen atoms in total. The molecule has 6 aliphatic rings. The molecule has 2 fully saturated rings. The van der Waals surface area contributed by atoms with E-state index < -0.39 is 0 Å². The van der Waals surface area contributed by atoms with Crippen LogP contribution in [0.5, 0.6) is 40.2 Å². The molecule has 0 saturated heterocycles. The Morgan fingerprint density at radius 3 is 1.35 bits per heavy atom. The molecule has 10 rings (SSSR count). The van der Waals surface area contributed by atoms with Gasteiger partial charge in [-0.3, -0.25) is 0 Å². The third-order valence-corrected chi connectivity index (χ3v) is 13.0. The Hall–Kier alpha value is -4.52. The number of fused-ring (bicyclic) bond motifs is 6. The van der Waals surface area contributed by atoms with Gasteiger partial charge in [-0.05, 0) is 161 Å². The topological polar surface area (TPSA) is 64.6 Å². The van der Waals surface area contributed by atoms with Crippen molar-refractivity contribution >= 4 is 0 Å². The number of rotatable bonds is 4. The molecule has 2 aliphatic carbocycles. The van der Waals surface area contributed by atoms with Crippen LogP contribution >= 0.6 is 0 Å². The average molecular weight is 903 g/mol. The molecule has 66 heavy (non-hydrogen) atoms. The van der Waals surface area contributed by atoms with E-state index in [0.29, 0.717) is 5.41 Å². The largest absolute Gasteiger partial charge is 0.492 e. The molecule has 2 spiro atoms. The number of hydrogen-bond donors (Lipinski definition) is 0. The summed E-state index contributed by atoms with van der Waals surface area (Å²) >= 11 is 0. The summed E-state index contributed by atoms with van der Waals surface area (Å²) in [4.78, 5) is 0. The van der Waals surface area contributed by atoms with E-state index in [1.165, 1.54) is 64.6 Å². The van der Waals surface area contributed by atoms with Gasteiger partial charge in [-0.1, -0.05) is 78.8 Å². The van der Waals surface area contributed by atoms with E-state index in [-0.39, 0.29) is 38.5 Å². The summed E-state index contributed by atoms with van der Waals surface area (Å²) in [6.07, 6.45) is 6.08. The maximum atomic E-state index is 6.10. The fraction of sp³-hybridized carbons (Fsp3) is 0.593. The molecule has 0 bridgehead atoms. The molecule has 0 atom stereocenters. The summed E-state index contributed by atoms with van der Waals surface area (Å²) in [6.45, 7) is 42.0. The summed E-state index contributed by atoms with van der Waals surface area (Å²) in [5, 5.41) is 0. The van der Waals surface area contributed by atoms with E-state index >= 15 is 0 Å². The van der Waals surface area contributed by atoms with Crippen molar-refractivity contribution in [3.05, 3.63) is 99.6 Å². The van der Waals surface area contributed by atoms with Gasteiger partial charge in [-0.15, -0.1) is 0 Å². The van der Waals surface area contributed by atoms with Gasteiger partial charge in [0.2, 0.25) is 0 Å². The van der Waals surface area contributed by atoms with E-state index in [4.69, 9.17) is 33.2 Å². The Labute approximate surface area is 398 Å². The summed E-state index contributed by atoms with van der Waals surface area (Å²) in [5.41, 5.74) is 9.75. The van der Waals surface area contributed by atoms with Gasteiger partial charge in [0.25, 0.3) is 0 Å². The van der Waals surface area contributed by atoms with Crippen molar-refractivity contribution in [1.82, 2.24) is 0 Å². The predicted molar refractivity (Wildman–Crippen MR) is 269 cm³/mol. The van der Waals surface area contributed by atoms with Crippen molar-refractivity contribution in [2.75, 3.05) is 26.4 Å². The number of benzene rings is 4. The van der Waals surface area contributed by atoms with Gasteiger partial charge in [0.05, 0.1) is 26.4 Å². The van der Waals surface area contributed by atoms with E-state index in [1.54, 1.807) is 0 Å². The fourth-order valence-electron chi connectivity index (χ4n) is 9.75. The zero-order valence-corrected chi connectivity index (χ0v) is 44.0. The van der Waals surface area contributed by atoms with Crippen LogP contribution in [-0.4, -0.2) is 43.2 Å². The summed E-state index contributed by atoms with van der Waals surface area (Å²) in [5.74, 6) is 7.20. The monoisotopic (exact) mass is 903 g/mol. The standard InChI is InChI=1S/C15H20O2.C15H22O2.C15H22O.C14H18O2/c1-10-5-6-11(17-14(2,3)4)12-13(10)16-9-15(12)7-8-15;1-10-7-8-11(17-14(2,3)4)12-13(10)16-9-15(12,5)6;1-14(2,3)9-11-7-6-8-12-13(11)15(4,5)10-16-12;1-13(2,3)16-11-6-4-5-10-12(11)14(7-8-14)9-15-10/h5-6H,7-9H2,1-4H3;7-8H,9H2,1-6H3;6-8H,9-10H2,1-5H3;4-6H,7-9H2,1-3H3. The third-order valence-electron chi connectivity index (χ3n) is 13.0. The molecule has 4 aliphatic heterocycles. The highest BCUT2D eigenvalue weighted by Crippen LogP contribution is 2.60. The number of ether oxygens (including phenoxy) is 7. The molecule has 4 heterocycles. The van der Waals surface area contributed by atoms with Crippen molar-refractivity contribution in [2.24, 2.45) is 5.41 Å². The van der Waals surface area contributed by atoms with Crippen molar-refractivity contribution in [3.63, 3.8) is 0 Å². The minimum absolute atomic E-state index is 0.0297. The van der Waals surface area contributed by atoms with Crippen molar-refractivity contribution < 1.29 is 33.2 Å². The smallest absolute Gasteiger partial charge is 0.129 e. The highest BCUT2D eigenvalue weighted by Gasteiger charge is 2.54. The Kier molecular flexibility index (Phi) is 12.9. The number of aryl methyl sites for hydroxylation is 2. The second-order valence-corrected chi connectivity index (χ2v) is 25.5. The lowest BCUT2D eigenvalue weighted by molar-refractivity contribution is 0.127. The molecule has 0 aromatic heterocycles. The van der Waals surface area contributed by atoms with E-state index in [2.05, 4.69) is 179 Å². The maximum absolute atomic E-state index is 6.10. The second kappa shape index (κ2) is 17.2. The zero-order chi connectivity index (χ0) is 48.5. The van der Waals surface area contributed by atoms with Gasteiger partial charge >= 0.3 is 0 Å². The van der Waals surface area contributed by atoms with Gasteiger partial charge in [-0.25, -0.2) is 0 Å². The molecule has 4 aromatic rings. The van der Waals surface area contributed by atoms with Crippen molar-refractivity contribution in [3.8, 4) is 40.2 Å². The first-order valence-electron chi connectivity index (χ1n) is 24.5. The normalized spacial score (nSPS) is 19.0. The lowest BCUT2D eigenvalue weighted by atomic mass is 9.78. The lowest BCUT2D eigenvalue weighted by Crippen LogP contribution is -2.26. The summed E-state index contributed by atoms with van der Waals surface area (Å²) in [7, 11) is 0. The molecule has 0 N–H and O–H groups in total. The van der Waals surface area contributed by atoms with Crippen LogP contribution < -0.4 is 33.2 Å². The number of hydrogen-bond acceptors (Lipinski definition) is 7. The van der Waals surface area contributed by atoms with Crippen LogP contribution in [0.1, 0.15) is 175 Å².